The van der Waals surface area contributed by atoms with Crippen molar-refractivity contribution in [2.45, 2.75) is 58.3 Å². The van der Waals surface area contributed by atoms with E-state index in [4.69, 9.17) is 6.58 Å². The van der Waals surface area contributed by atoms with Gasteiger partial charge in [-0.2, -0.15) is 0 Å². The lowest BCUT2D eigenvalue weighted by molar-refractivity contribution is 0.611. The number of hydrogen-bond donors (Lipinski definition) is 0. The van der Waals surface area contributed by atoms with E-state index in [9.17, 15) is 0 Å². The fourth-order valence-electron chi connectivity index (χ4n) is 1.49. The van der Waals surface area contributed by atoms with E-state index in [2.05, 4.69) is 25.2 Å². The smallest absolute Gasteiger partial charge is 0.0166 e. The first-order chi connectivity index (χ1) is 7.41. The summed E-state index contributed by atoms with van der Waals surface area (Å²) in [6.07, 6.45) is 20.5. The Hall–Kier alpha value is -0.780. The Balaban J connectivity index is 3.09. The van der Waals surface area contributed by atoms with Gasteiger partial charge in [0.25, 0.3) is 0 Å². The molecule has 0 bridgehead atoms. The summed E-state index contributed by atoms with van der Waals surface area (Å²) in [6.45, 7) is 7.47. The van der Waals surface area contributed by atoms with Gasteiger partial charge >= 0.3 is 0 Å². The molecule has 0 saturated carbocycles. The molecule has 0 nitrogen and oxygen atoms in total. The summed E-state index contributed by atoms with van der Waals surface area (Å²) < 4.78 is 0. The summed E-state index contributed by atoms with van der Waals surface area (Å²) in [5.74, 6) is 0. The van der Waals surface area contributed by atoms with Crippen molar-refractivity contribution < 1.29 is 0 Å². The molecule has 0 heteroatoms. The molecule has 0 saturated heterocycles. The van der Waals surface area contributed by atoms with Crippen LogP contribution in [0.2, 0.25) is 0 Å². The fraction of sp³-hybridized carbons (Fsp3) is 0.600. The summed E-state index contributed by atoms with van der Waals surface area (Å²) in [6, 6.07) is 0. The van der Waals surface area contributed by atoms with E-state index in [1.807, 2.05) is 6.08 Å². The first-order valence-corrected chi connectivity index (χ1v) is 6.27. The molecule has 0 aromatic rings. The average molecular weight is 205 g/mol. The van der Waals surface area contributed by atoms with E-state index in [1.165, 1.54) is 44.9 Å². The van der Waals surface area contributed by atoms with E-state index >= 15 is 0 Å². The topological polar surface area (TPSA) is 0 Å². The molecule has 0 aliphatic heterocycles. The van der Waals surface area contributed by atoms with Crippen LogP contribution >= 0.6 is 0 Å². The Morgan fingerprint density at radius 1 is 0.867 bits per heavy atom. The minimum atomic E-state index is 1.00. The monoisotopic (exact) mass is 205 g/mol. The molecular formula is C15H25. The van der Waals surface area contributed by atoms with Crippen molar-refractivity contribution in [3.8, 4) is 0 Å². The summed E-state index contributed by atoms with van der Waals surface area (Å²) in [4.78, 5) is 0. The highest BCUT2D eigenvalue weighted by atomic mass is 13.9. The zero-order chi connectivity index (χ0) is 11.2. The largest absolute Gasteiger partial charge is 0.0882 e. The molecule has 0 amide bonds. The first kappa shape index (κ1) is 14.2. The molecule has 1 radical (unpaired) electrons. The van der Waals surface area contributed by atoms with Gasteiger partial charge in [-0.3, -0.25) is 0 Å². The van der Waals surface area contributed by atoms with Crippen molar-refractivity contribution in [1.29, 1.82) is 0 Å². The lowest BCUT2D eigenvalue weighted by atomic mass is 10.1. The van der Waals surface area contributed by atoms with E-state index in [0.717, 1.165) is 6.42 Å². The van der Waals surface area contributed by atoms with Crippen LogP contribution < -0.4 is 0 Å². The van der Waals surface area contributed by atoms with Crippen molar-refractivity contribution in [3.63, 3.8) is 0 Å². The molecule has 0 fully saturated rings. The van der Waals surface area contributed by atoms with Crippen molar-refractivity contribution in [3.05, 3.63) is 37.0 Å². The Morgan fingerprint density at radius 3 is 2.33 bits per heavy atom. The zero-order valence-corrected chi connectivity index (χ0v) is 10.1. The van der Waals surface area contributed by atoms with E-state index in [0.29, 0.717) is 0 Å². The molecule has 0 atom stereocenters. The van der Waals surface area contributed by atoms with Gasteiger partial charge in [0.15, 0.2) is 0 Å². The summed E-state index contributed by atoms with van der Waals surface area (Å²) in [7, 11) is 0. The maximum atomic E-state index is 5.21. The highest BCUT2D eigenvalue weighted by Gasteiger charge is 1.87. The Bertz CT molecular complexity index is 174. The summed E-state index contributed by atoms with van der Waals surface area (Å²) in [5, 5.41) is 0. The third-order valence-electron chi connectivity index (χ3n) is 2.41. The van der Waals surface area contributed by atoms with Gasteiger partial charge in [0, 0.05) is 0 Å². The minimum Gasteiger partial charge on any atom is -0.0882 e. The maximum Gasteiger partial charge on any atom is -0.0166 e. The van der Waals surface area contributed by atoms with Crippen molar-refractivity contribution in [2.24, 2.45) is 0 Å². The zero-order valence-electron chi connectivity index (χ0n) is 10.1. The van der Waals surface area contributed by atoms with Crippen LogP contribution in [0.3, 0.4) is 0 Å². The fourth-order valence-corrected chi connectivity index (χ4v) is 1.49. The molecule has 0 aromatic heterocycles. The highest BCUT2D eigenvalue weighted by Crippen LogP contribution is 2.07. The average Bonchev–Trinajstić information content (AvgIpc) is 2.26. The molecule has 15 heavy (non-hydrogen) atoms. The van der Waals surface area contributed by atoms with Crippen LogP contribution in [0.4, 0.5) is 0 Å². The van der Waals surface area contributed by atoms with Crippen LogP contribution in [0, 0.1) is 6.58 Å². The minimum absolute atomic E-state index is 1.00. The van der Waals surface area contributed by atoms with E-state index < -0.39 is 0 Å². The highest BCUT2D eigenvalue weighted by molar-refractivity contribution is 4.99. The lowest BCUT2D eigenvalue weighted by Gasteiger charge is -1.97. The van der Waals surface area contributed by atoms with Gasteiger partial charge < -0.3 is 0 Å². The molecule has 0 unspecified atom stereocenters. The molecule has 0 spiro atoms. The third-order valence-corrected chi connectivity index (χ3v) is 2.41. The van der Waals surface area contributed by atoms with Gasteiger partial charge in [0.1, 0.15) is 0 Å². The molecule has 0 aliphatic carbocycles. The van der Waals surface area contributed by atoms with Crippen LogP contribution in [-0.4, -0.2) is 0 Å². The van der Waals surface area contributed by atoms with Gasteiger partial charge in [-0.15, -0.1) is 0 Å². The van der Waals surface area contributed by atoms with Crippen molar-refractivity contribution in [2.75, 3.05) is 0 Å². The molecule has 0 heterocycles. The van der Waals surface area contributed by atoms with Crippen LogP contribution in [0.15, 0.2) is 30.4 Å². The lowest BCUT2D eigenvalue weighted by Crippen LogP contribution is -1.77. The van der Waals surface area contributed by atoms with Crippen molar-refractivity contribution in [1.82, 2.24) is 0 Å². The Kier molecular flexibility index (Phi) is 12.5. The number of hydrogen-bond acceptors (Lipinski definition) is 0. The van der Waals surface area contributed by atoms with Gasteiger partial charge in [-0.1, -0.05) is 76.0 Å². The molecule has 0 N–H and O–H groups in total. The van der Waals surface area contributed by atoms with Gasteiger partial charge in [-0.25, -0.2) is 0 Å². The molecular weight excluding hydrogens is 180 g/mol. The van der Waals surface area contributed by atoms with Gasteiger partial charge in [0.05, 0.1) is 0 Å². The third kappa shape index (κ3) is 13.2. The van der Waals surface area contributed by atoms with Crippen LogP contribution in [0.25, 0.3) is 0 Å². The van der Waals surface area contributed by atoms with E-state index in [-0.39, 0.29) is 0 Å². The summed E-state index contributed by atoms with van der Waals surface area (Å²) in [5.41, 5.74) is 0. The number of unbranched alkanes of at least 4 members (excludes halogenated alkanes) is 6. The Morgan fingerprint density at radius 2 is 1.60 bits per heavy atom. The predicted octanol–water partition coefficient (Wildman–Crippen LogP) is 5.23. The maximum absolute atomic E-state index is 5.21. The molecule has 0 rings (SSSR count). The second kappa shape index (κ2) is 13.2. The SMILES string of the molecule is [CH]=CC=CCC=CCCCCCCCC. The second-order valence-electron chi connectivity index (χ2n) is 3.88. The predicted molar refractivity (Wildman–Crippen MR) is 69.8 cm³/mol. The quantitative estimate of drug-likeness (QED) is 0.260. The number of allylic oxidation sites excluding steroid dienone is 5. The standard InChI is InChI=1S/C15H25/c1-3-5-7-9-11-13-15-14-12-10-8-6-4-2/h1,3,5,7,11,13H,4,6,8-10,12,14-15H2,2H3. The molecule has 0 aliphatic rings. The van der Waals surface area contributed by atoms with Crippen molar-refractivity contribution >= 4 is 0 Å². The van der Waals surface area contributed by atoms with Crippen LogP contribution in [-0.2, 0) is 0 Å². The molecule has 0 aromatic carbocycles. The Labute approximate surface area is 95.8 Å². The summed E-state index contributed by atoms with van der Waals surface area (Å²) >= 11 is 0. The van der Waals surface area contributed by atoms with E-state index in [1.54, 1.807) is 6.08 Å². The normalized spacial score (nSPS) is 11.5. The molecule has 85 valence electrons. The van der Waals surface area contributed by atoms with Crippen LogP contribution in [0.5, 0.6) is 0 Å². The van der Waals surface area contributed by atoms with Gasteiger partial charge in [0.2, 0.25) is 0 Å². The van der Waals surface area contributed by atoms with Crippen LogP contribution in [0.1, 0.15) is 58.3 Å². The van der Waals surface area contributed by atoms with Gasteiger partial charge in [-0.05, 0) is 19.3 Å². The number of rotatable bonds is 10. The first-order valence-electron chi connectivity index (χ1n) is 6.27. The second-order valence-corrected chi connectivity index (χ2v) is 3.88.